The van der Waals surface area contributed by atoms with Gasteiger partial charge in [0.2, 0.25) is 0 Å². The number of hydrogen-bond acceptors (Lipinski definition) is 1. The van der Waals surface area contributed by atoms with Crippen LogP contribution in [0.25, 0.3) is 0 Å². The summed E-state index contributed by atoms with van der Waals surface area (Å²) in [5.41, 5.74) is 0. The number of hydrogen-bond donors (Lipinski definition) is 0. The minimum Gasteiger partial charge on any atom is -0.306 e. The predicted octanol–water partition coefficient (Wildman–Crippen LogP) is 2.16. The molecule has 0 aromatic carbocycles. The zero-order chi connectivity index (χ0) is 6.69. The van der Waals surface area contributed by atoms with Crippen molar-refractivity contribution in [2.75, 3.05) is 20.1 Å². The Morgan fingerprint density at radius 3 is 2.60 bits per heavy atom. The molecule has 1 aliphatic rings. The molecule has 1 nitrogen and oxygen atoms in total. The van der Waals surface area contributed by atoms with Crippen LogP contribution in [0.4, 0.5) is 0 Å². The van der Waals surface area contributed by atoms with E-state index in [4.69, 9.17) is 0 Å². The van der Waals surface area contributed by atoms with Gasteiger partial charge in [0, 0.05) is 6.54 Å². The smallest absolute Gasteiger partial charge is 0.000651 e. The summed E-state index contributed by atoms with van der Waals surface area (Å²) in [5.74, 6) is 0.990. The lowest BCUT2D eigenvalue weighted by Crippen LogP contribution is -2.31. The van der Waals surface area contributed by atoms with Crippen molar-refractivity contribution < 1.29 is 0 Å². The highest BCUT2D eigenvalue weighted by atomic mass is 35.5. The summed E-state index contributed by atoms with van der Waals surface area (Å²) in [6, 6.07) is 0. The molecular formula is C8H18ClN. The summed E-state index contributed by atoms with van der Waals surface area (Å²) in [4.78, 5) is 2.44. The summed E-state index contributed by atoms with van der Waals surface area (Å²) < 4.78 is 0. The molecule has 2 heteroatoms. The maximum atomic E-state index is 2.44. The normalized spacial score (nSPS) is 27.6. The standard InChI is InChI=1S/C8H17N.ClH/c1-3-8-5-4-6-9(2)7-8;/h8H,3-7H2,1-2H3;1H. The molecule has 0 N–H and O–H groups in total. The lowest BCUT2D eigenvalue weighted by atomic mass is 9.96. The fourth-order valence-electron chi connectivity index (χ4n) is 1.61. The molecule has 0 bridgehead atoms. The van der Waals surface area contributed by atoms with Crippen LogP contribution in [0.1, 0.15) is 26.2 Å². The van der Waals surface area contributed by atoms with Gasteiger partial charge < -0.3 is 4.90 Å². The molecule has 1 aliphatic heterocycles. The molecule has 0 amide bonds. The molecular weight excluding hydrogens is 146 g/mol. The molecule has 1 atom stereocenters. The zero-order valence-electron chi connectivity index (χ0n) is 6.97. The molecule has 0 saturated carbocycles. The number of halogens is 1. The van der Waals surface area contributed by atoms with Gasteiger partial charge in [0.05, 0.1) is 0 Å². The Morgan fingerprint density at radius 2 is 2.20 bits per heavy atom. The highest BCUT2D eigenvalue weighted by molar-refractivity contribution is 5.85. The fraction of sp³-hybridized carbons (Fsp3) is 1.00. The van der Waals surface area contributed by atoms with Gasteiger partial charge in [-0.05, 0) is 32.4 Å². The van der Waals surface area contributed by atoms with Crippen molar-refractivity contribution in [2.24, 2.45) is 5.92 Å². The Balaban J connectivity index is 0.000000810. The monoisotopic (exact) mass is 163 g/mol. The van der Waals surface area contributed by atoms with Gasteiger partial charge in [0.25, 0.3) is 0 Å². The van der Waals surface area contributed by atoms with E-state index in [2.05, 4.69) is 18.9 Å². The Labute approximate surface area is 70.2 Å². The van der Waals surface area contributed by atoms with Gasteiger partial charge >= 0.3 is 0 Å². The van der Waals surface area contributed by atoms with Crippen LogP contribution < -0.4 is 0 Å². The Bertz CT molecular complexity index is 85.3. The Hall–Kier alpha value is 0.250. The Morgan fingerprint density at radius 1 is 1.50 bits per heavy atom. The highest BCUT2D eigenvalue weighted by Crippen LogP contribution is 2.17. The van der Waals surface area contributed by atoms with Crippen LogP contribution in [-0.4, -0.2) is 25.0 Å². The van der Waals surface area contributed by atoms with Gasteiger partial charge in [-0.15, -0.1) is 12.4 Å². The predicted molar refractivity (Wildman–Crippen MR) is 47.8 cm³/mol. The number of nitrogens with zero attached hydrogens (tertiary/aromatic N) is 1. The number of rotatable bonds is 1. The molecule has 0 aromatic heterocycles. The largest absolute Gasteiger partial charge is 0.306 e. The van der Waals surface area contributed by atoms with E-state index in [-0.39, 0.29) is 12.4 Å². The van der Waals surface area contributed by atoms with Crippen LogP contribution in [0.15, 0.2) is 0 Å². The molecule has 1 heterocycles. The molecule has 1 rings (SSSR count). The summed E-state index contributed by atoms with van der Waals surface area (Å²) in [5, 5.41) is 0. The van der Waals surface area contributed by atoms with Crippen molar-refractivity contribution >= 4 is 12.4 Å². The van der Waals surface area contributed by atoms with E-state index in [0.717, 1.165) is 5.92 Å². The number of likely N-dealkylation sites (tertiary alicyclic amines) is 1. The van der Waals surface area contributed by atoms with Crippen molar-refractivity contribution in [1.82, 2.24) is 4.90 Å². The molecule has 0 aliphatic carbocycles. The third kappa shape index (κ3) is 2.89. The van der Waals surface area contributed by atoms with E-state index >= 15 is 0 Å². The van der Waals surface area contributed by atoms with E-state index in [1.165, 1.54) is 32.4 Å². The van der Waals surface area contributed by atoms with Gasteiger partial charge in [-0.2, -0.15) is 0 Å². The average molecular weight is 164 g/mol. The maximum Gasteiger partial charge on any atom is 0.000651 e. The summed E-state index contributed by atoms with van der Waals surface area (Å²) in [6.45, 7) is 4.94. The maximum absolute atomic E-state index is 2.44. The van der Waals surface area contributed by atoms with Crippen molar-refractivity contribution in [3.8, 4) is 0 Å². The van der Waals surface area contributed by atoms with Crippen LogP contribution in [0.3, 0.4) is 0 Å². The average Bonchev–Trinajstić information content (AvgIpc) is 1.88. The second kappa shape index (κ2) is 4.97. The van der Waals surface area contributed by atoms with Crippen molar-refractivity contribution in [3.63, 3.8) is 0 Å². The van der Waals surface area contributed by atoms with E-state index in [0.29, 0.717) is 0 Å². The van der Waals surface area contributed by atoms with Crippen molar-refractivity contribution in [1.29, 1.82) is 0 Å². The van der Waals surface area contributed by atoms with Gasteiger partial charge in [-0.25, -0.2) is 0 Å². The molecule has 1 unspecified atom stereocenters. The first-order valence-electron chi connectivity index (χ1n) is 4.01. The minimum atomic E-state index is 0. The summed E-state index contributed by atoms with van der Waals surface area (Å²) >= 11 is 0. The third-order valence-electron chi connectivity index (χ3n) is 2.30. The van der Waals surface area contributed by atoms with E-state index in [9.17, 15) is 0 Å². The topological polar surface area (TPSA) is 3.24 Å². The molecule has 0 radical (unpaired) electrons. The molecule has 10 heavy (non-hydrogen) atoms. The van der Waals surface area contributed by atoms with Crippen LogP contribution in [-0.2, 0) is 0 Å². The molecule has 0 spiro atoms. The van der Waals surface area contributed by atoms with Crippen LogP contribution >= 0.6 is 12.4 Å². The highest BCUT2D eigenvalue weighted by Gasteiger charge is 2.14. The number of piperidine rings is 1. The lowest BCUT2D eigenvalue weighted by molar-refractivity contribution is 0.206. The van der Waals surface area contributed by atoms with E-state index < -0.39 is 0 Å². The Kier molecular flexibility index (Phi) is 5.10. The summed E-state index contributed by atoms with van der Waals surface area (Å²) in [6.07, 6.45) is 4.24. The SMILES string of the molecule is CCC1CCCN(C)C1.Cl. The lowest BCUT2D eigenvalue weighted by Gasteiger charge is -2.28. The second-order valence-electron chi connectivity index (χ2n) is 3.18. The van der Waals surface area contributed by atoms with Crippen molar-refractivity contribution in [3.05, 3.63) is 0 Å². The van der Waals surface area contributed by atoms with Crippen LogP contribution in [0, 0.1) is 5.92 Å². The second-order valence-corrected chi connectivity index (χ2v) is 3.18. The molecule has 1 fully saturated rings. The third-order valence-corrected chi connectivity index (χ3v) is 2.30. The first-order valence-corrected chi connectivity index (χ1v) is 4.01. The summed E-state index contributed by atoms with van der Waals surface area (Å²) in [7, 11) is 2.22. The fourth-order valence-corrected chi connectivity index (χ4v) is 1.61. The first kappa shape index (κ1) is 10.2. The van der Waals surface area contributed by atoms with Gasteiger partial charge in [-0.3, -0.25) is 0 Å². The molecule has 62 valence electrons. The minimum absolute atomic E-state index is 0. The van der Waals surface area contributed by atoms with Crippen LogP contribution in [0.5, 0.6) is 0 Å². The first-order chi connectivity index (χ1) is 4.33. The molecule has 1 saturated heterocycles. The zero-order valence-corrected chi connectivity index (χ0v) is 7.78. The van der Waals surface area contributed by atoms with Gasteiger partial charge in [-0.1, -0.05) is 13.3 Å². The van der Waals surface area contributed by atoms with Gasteiger partial charge in [0.15, 0.2) is 0 Å². The molecule has 0 aromatic rings. The van der Waals surface area contributed by atoms with E-state index in [1.807, 2.05) is 0 Å². The van der Waals surface area contributed by atoms with Crippen molar-refractivity contribution in [2.45, 2.75) is 26.2 Å². The van der Waals surface area contributed by atoms with Gasteiger partial charge in [0.1, 0.15) is 0 Å². The quantitative estimate of drug-likeness (QED) is 0.573. The van der Waals surface area contributed by atoms with E-state index in [1.54, 1.807) is 0 Å². The van der Waals surface area contributed by atoms with Crippen LogP contribution in [0.2, 0.25) is 0 Å².